The highest BCUT2D eigenvalue weighted by Crippen LogP contribution is 2.45. The third-order valence-corrected chi connectivity index (χ3v) is 4.98. The lowest BCUT2D eigenvalue weighted by atomic mass is 9.99. The van der Waals surface area contributed by atoms with Crippen molar-refractivity contribution < 1.29 is 28.8 Å². The van der Waals surface area contributed by atoms with Crippen LogP contribution in [0.4, 0.5) is 0 Å². The first-order valence-electron chi connectivity index (χ1n) is 9.09. The molecule has 1 aromatic heterocycles. The summed E-state index contributed by atoms with van der Waals surface area (Å²) in [6.45, 7) is 0. The van der Waals surface area contributed by atoms with Gasteiger partial charge in [-0.2, -0.15) is 0 Å². The van der Waals surface area contributed by atoms with Crippen LogP contribution in [0.15, 0.2) is 46.0 Å². The van der Waals surface area contributed by atoms with Crippen LogP contribution in [0.2, 0.25) is 0 Å². The third kappa shape index (κ3) is 3.08. The maximum Gasteiger partial charge on any atom is 0.343 e. The predicted octanol–water partition coefficient (Wildman–Crippen LogP) is 1.52. The highest BCUT2D eigenvalue weighted by atomic mass is 16.6. The second-order valence-electron chi connectivity index (χ2n) is 6.58. The smallest absolute Gasteiger partial charge is 0.343 e. The van der Waals surface area contributed by atoms with Gasteiger partial charge in [-0.05, 0) is 18.2 Å². The van der Waals surface area contributed by atoms with Crippen LogP contribution in [-0.2, 0) is 4.74 Å². The van der Waals surface area contributed by atoms with Gasteiger partial charge in [0.15, 0.2) is 17.6 Å². The molecule has 2 N–H and O–H groups in total. The fraction of sp³-hybridized carbons (Fsp3) is 0.190. The first-order chi connectivity index (χ1) is 14.9. The van der Waals surface area contributed by atoms with Crippen LogP contribution in [0.1, 0.15) is 27.6 Å². The average Bonchev–Trinajstić information content (AvgIpc) is 3.09. The number of cyclic esters (lactones) is 1. The summed E-state index contributed by atoms with van der Waals surface area (Å²) in [7, 11) is 4.24. The number of aromatic hydroxyl groups is 1. The topological polar surface area (TPSA) is 129 Å². The molecule has 10 nitrogen and oxygen atoms in total. The predicted molar refractivity (Wildman–Crippen MR) is 108 cm³/mol. The van der Waals surface area contributed by atoms with Crippen molar-refractivity contribution in [3.63, 3.8) is 0 Å². The Kier molecular flexibility index (Phi) is 4.90. The summed E-state index contributed by atoms with van der Waals surface area (Å²) in [6, 6.07) is 9.42. The first-order valence-corrected chi connectivity index (χ1v) is 9.09. The van der Waals surface area contributed by atoms with E-state index in [0.29, 0.717) is 17.1 Å². The lowest BCUT2D eigenvalue weighted by Crippen LogP contribution is -2.32. The molecule has 0 unspecified atom stereocenters. The Morgan fingerprint density at radius 3 is 2.48 bits per heavy atom. The number of ether oxygens (including phenoxy) is 4. The number of hydrogen-bond acceptors (Lipinski definition) is 8. The van der Waals surface area contributed by atoms with E-state index in [1.54, 1.807) is 24.3 Å². The highest BCUT2D eigenvalue weighted by molar-refractivity contribution is 5.98. The molecule has 31 heavy (non-hydrogen) atoms. The molecule has 2 heterocycles. The number of nitrogens with zero attached hydrogens (tertiary/aromatic N) is 1. The summed E-state index contributed by atoms with van der Waals surface area (Å²) in [6.07, 6.45) is -1.26. The van der Waals surface area contributed by atoms with Crippen LogP contribution in [-0.4, -0.2) is 42.0 Å². The molecule has 1 aliphatic heterocycles. The molecule has 10 heteroatoms. The van der Waals surface area contributed by atoms with Gasteiger partial charge < -0.3 is 24.1 Å². The Hall–Kier alpha value is -4.21. The van der Waals surface area contributed by atoms with Gasteiger partial charge in [0.05, 0.1) is 27.0 Å². The Labute approximate surface area is 175 Å². The van der Waals surface area contributed by atoms with Crippen LogP contribution >= 0.6 is 0 Å². The van der Waals surface area contributed by atoms with Gasteiger partial charge in [0.1, 0.15) is 16.9 Å². The van der Waals surface area contributed by atoms with E-state index in [2.05, 4.69) is 4.98 Å². The van der Waals surface area contributed by atoms with E-state index in [0.717, 1.165) is 4.57 Å². The molecule has 2 aromatic carbocycles. The molecular weight excluding hydrogens is 408 g/mol. The number of nitrogens with one attached hydrogen (secondary N) is 1. The van der Waals surface area contributed by atoms with E-state index >= 15 is 0 Å². The number of methoxy groups -OCH3 is 3. The second-order valence-corrected chi connectivity index (χ2v) is 6.58. The van der Waals surface area contributed by atoms with Gasteiger partial charge in [-0.3, -0.25) is 9.78 Å². The van der Waals surface area contributed by atoms with Crippen molar-refractivity contribution in [1.29, 1.82) is 0 Å². The molecule has 3 aromatic rings. The summed E-state index contributed by atoms with van der Waals surface area (Å²) < 4.78 is 21.9. The Morgan fingerprint density at radius 2 is 1.81 bits per heavy atom. The molecular formula is C21H18N2O8. The van der Waals surface area contributed by atoms with Crippen LogP contribution in [0.25, 0.3) is 5.69 Å². The lowest BCUT2D eigenvalue weighted by Gasteiger charge is -2.16. The molecule has 1 atom stereocenters. The lowest BCUT2D eigenvalue weighted by molar-refractivity contribution is 0.0447. The summed E-state index contributed by atoms with van der Waals surface area (Å²) in [5, 5.41) is 10.9. The van der Waals surface area contributed by atoms with Gasteiger partial charge in [-0.25, -0.2) is 14.2 Å². The zero-order chi connectivity index (χ0) is 22.3. The molecule has 0 fully saturated rings. The third-order valence-electron chi connectivity index (χ3n) is 4.98. The zero-order valence-electron chi connectivity index (χ0n) is 16.8. The Morgan fingerprint density at radius 1 is 1.03 bits per heavy atom. The molecule has 0 spiro atoms. The first kappa shape index (κ1) is 20.1. The number of fused-ring (bicyclic) bond motifs is 1. The normalized spacial score (nSPS) is 14.7. The number of aromatic nitrogens is 2. The summed E-state index contributed by atoms with van der Waals surface area (Å²) in [5.74, 6) is -0.537. The fourth-order valence-electron chi connectivity index (χ4n) is 3.58. The van der Waals surface area contributed by atoms with Crippen LogP contribution in [0.5, 0.6) is 23.1 Å². The van der Waals surface area contributed by atoms with Crippen molar-refractivity contribution in [1.82, 2.24) is 9.55 Å². The number of esters is 1. The van der Waals surface area contributed by atoms with Crippen molar-refractivity contribution >= 4 is 5.97 Å². The number of carbonyl (C=O) groups excluding carboxylic acids is 1. The Balaban J connectivity index is 1.95. The van der Waals surface area contributed by atoms with Gasteiger partial charge in [0, 0.05) is 11.6 Å². The monoisotopic (exact) mass is 426 g/mol. The number of hydrogen-bond donors (Lipinski definition) is 2. The number of carbonyl (C=O) groups is 1. The summed E-state index contributed by atoms with van der Waals surface area (Å²) in [5.41, 5.74) is -1.44. The van der Waals surface area contributed by atoms with Crippen molar-refractivity contribution in [2.75, 3.05) is 21.3 Å². The molecule has 0 bridgehead atoms. The van der Waals surface area contributed by atoms with Crippen LogP contribution in [0.3, 0.4) is 0 Å². The molecule has 0 aliphatic carbocycles. The molecule has 0 radical (unpaired) electrons. The van der Waals surface area contributed by atoms with Crippen molar-refractivity contribution in [3.8, 4) is 28.8 Å². The van der Waals surface area contributed by atoms with E-state index in [9.17, 15) is 19.5 Å². The standard InChI is InChI=1S/C21H18N2O8/c1-28-11-6-4-5-10(9-11)23-19(25)15(18(24)22-21(23)27)16-12-7-8-13(29-2)17(30-3)14(12)20(26)31-16/h4-9,16,25H,1-3H3,(H,22,24,27)/t16-/m0/s1. The van der Waals surface area contributed by atoms with Crippen molar-refractivity contribution in [2.24, 2.45) is 0 Å². The minimum absolute atomic E-state index is 0.0739. The average molecular weight is 426 g/mol. The summed E-state index contributed by atoms with van der Waals surface area (Å²) >= 11 is 0. The van der Waals surface area contributed by atoms with E-state index < -0.39 is 29.2 Å². The maximum atomic E-state index is 12.6. The molecule has 0 saturated heterocycles. The van der Waals surface area contributed by atoms with Crippen LogP contribution in [0, 0.1) is 0 Å². The van der Waals surface area contributed by atoms with E-state index in [4.69, 9.17) is 18.9 Å². The SMILES string of the molecule is COc1cccc(-n2c(O)c([C@H]3OC(=O)c4c3ccc(OC)c4OC)c(=O)[nH]c2=O)c1. The molecule has 1 aliphatic rings. The van der Waals surface area contributed by atoms with Gasteiger partial charge in [0.25, 0.3) is 5.56 Å². The number of benzene rings is 2. The number of rotatable bonds is 5. The largest absolute Gasteiger partial charge is 0.497 e. The van der Waals surface area contributed by atoms with Crippen molar-refractivity contribution in [2.45, 2.75) is 6.10 Å². The fourth-order valence-corrected chi connectivity index (χ4v) is 3.58. The molecule has 4 rings (SSSR count). The number of aromatic amines is 1. The quantitative estimate of drug-likeness (QED) is 0.588. The molecule has 160 valence electrons. The minimum Gasteiger partial charge on any atom is -0.497 e. The van der Waals surface area contributed by atoms with Gasteiger partial charge in [-0.15, -0.1) is 0 Å². The van der Waals surface area contributed by atoms with Gasteiger partial charge in [0.2, 0.25) is 5.88 Å². The van der Waals surface area contributed by atoms with Crippen LogP contribution < -0.4 is 25.5 Å². The minimum atomic E-state index is -1.26. The zero-order valence-corrected chi connectivity index (χ0v) is 16.8. The van der Waals surface area contributed by atoms with Gasteiger partial charge >= 0.3 is 11.7 Å². The van der Waals surface area contributed by atoms with Gasteiger partial charge in [-0.1, -0.05) is 12.1 Å². The maximum absolute atomic E-state index is 12.6. The second kappa shape index (κ2) is 7.56. The van der Waals surface area contributed by atoms with E-state index in [1.165, 1.54) is 33.5 Å². The van der Waals surface area contributed by atoms with Crippen molar-refractivity contribution in [3.05, 3.63) is 73.9 Å². The number of H-pyrrole nitrogens is 1. The highest BCUT2D eigenvalue weighted by Gasteiger charge is 2.40. The molecule has 0 saturated carbocycles. The molecule has 0 amide bonds. The van der Waals surface area contributed by atoms with E-state index in [1.807, 2.05) is 0 Å². The van der Waals surface area contributed by atoms with E-state index in [-0.39, 0.29) is 22.6 Å². The summed E-state index contributed by atoms with van der Waals surface area (Å²) in [4.78, 5) is 39.9. The Bertz CT molecular complexity index is 1310.